The van der Waals surface area contributed by atoms with Crippen molar-refractivity contribution in [3.63, 3.8) is 0 Å². The van der Waals surface area contributed by atoms with E-state index in [1.807, 2.05) is 54.1 Å². The molecule has 6 heteroatoms. The highest BCUT2D eigenvalue weighted by atomic mass is 16.2. The molecule has 1 aromatic heterocycles. The van der Waals surface area contributed by atoms with Gasteiger partial charge >= 0.3 is 0 Å². The number of hydrogen-bond acceptors (Lipinski definition) is 4. The predicted octanol–water partition coefficient (Wildman–Crippen LogP) is 3.24. The molecule has 0 spiro atoms. The number of fused-ring (bicyclic) bond motifs is 1. The Hall–Kier alpha value is -3.15. The number of carbonyl (C=O) groups is 1. The van der Waals surface area contributed by atoms with Gasteiger partial charge in [-0.15, -0.1) is 0 Å². The van der Waals surface area contributed by atoms with Crippen molar-refractivity contribution in [1.29, 1.82) is 0 Å². The second-order valence-corrected chi connectivity index (χ2v) is 6.64. The van der Waals surface area contributed by atoms with Crippen LogP contribution in [-0.4, -0.2) is 26.7 Å². The first-order chi connectivity index (χ1) is 12.6. The molecule has 0 fully saturated rings. The number of nitrogens with zero attached hydrogens (tertiary/aromatic N) is 3. The molecule has 2 heterocycles. The number of aromatic nitrogens is 3. The van der Waals surface area contributed by atoms with E-state index in [1.54, 1.807) is 0 Å². The fourth-order valence-electron chi connectivity index (χ4n) is 3.64. The molecule has 0 bridgehead atoms. The van der Waals surface area contributed by atoms with Gasteiger partial charge in [-0.3, -0.25) is 4.79 Å². The number of para-hydroxylation sites is 1. The Balaban J connectivity index is 1.76. The van der Waals surface area contributed by atoms with Gasteiger partial charge in [-0.1, -0.05) is 42.5 Å². The molecule has 1 aliphatic rings. The average molecular weight is 347 g/mol. The summed E-state index contributed by atoms with van der Waals surface area (Å²) in [6.07, 6.45) is 1.53. The van der Waals surface area contributed by atoms with Crippen LogP contribution in [0, 0.1) is 12.8 Å². The van der Waals surface area contributed by atoms with Gasteiger partial charge in [0, 0.05) is 11.7 Å². The zero-order valence-corrected chi connectivity index (χ0v) is 14.8. The van der Waals surface area contributed by atoms with Crippen molar-refractivity contribution < 1.29 is 4.79 Å². The molecule has 1 amide bonds. The first-order valence-electron chi connectivity index (χ1n) is 8.72. The largest absolute Gasteiger partial charge is 0.351 e. The van der Waals surface area contributed by atoms with Crippen molar-refractivity contribution in [3.8, 4) is 0 Å². The van der Waals surface area contributed by atoms with Crippen LogP contribution in [0.15, 0.2) is 60.9 Å². The summed E-state index contributed by atoms with van der Waals surface area (Å²) < 4.78 is 1.82. The van der Waals surface area contributed by atoms with E-state index in [9.17, 15) is 4.79 Å². The molecule has 0 saturated carbocycles. The van der Waals surface area contributed by atoms with Crippen molar-refractivity contribution in [1.82, 2.24) is 14.8 Å². The van der Waals surface area contributed by atoms with Crippen LogP contribution in [0.25, 0.3) is 0 Å². The third-order valence-corrected chi connectivity index (χ3v) is 4.92. The molecule has 2 aromatic carbocycles. The maximum Gasteiger partial charge on any atom is 0.232 e. The number of nitrogens with one attached hydrogen (secondary N) is 2. The van der Waals surface area contributed by atoms with E-state index in [2.05, 4.69) is 39.8 Å². The number of amides is 1. The highest BCUT2D eigenvalue weighted by Gasteiger charge is 2.41. The predicted molar refractivity (Wildman–Crippen MR) is 101 cm³/mol. The summed E-state index contributed by atoms with van der Waals surface area (Å²) in [5, 5.41) is 10.7. The maximum atomic E-state index is 13.2. The molecule has 0 unspecified atom stereocenters. The molecule has 26 heavy (non-hydrogen) atoms. The molecule has 0 saturated heterocycles. The van der Waals surface area contributed by atoms with Gasteiger partial charge in [0.15, 0.2) is 0 Å². The number of hydrogen-bond donors (Lipinski definition) is 2. The van der Waals surface area contributed by atoms with Crippen LogP contribution in [0.2, 0.25) is 0 Å². The molecule has 0 radical (unpaired) electrons. The zero-order chi connectivity index (χ0) is 18.1. The minimum Gasteiger partial charge on any atom is -0.351 e. The van der Waals surface area contributed by atoms with E-state index < -0.39 is 0 Å². The third kappa shape index (κ3) is 2.83. The summed E-state index contributed by atoms with van der Waals surface area (Å²) in [5.74, 6) is 0.325. The molecule has 0 aliphatic carbocycles. The first kappa shape index (κ1) is 16.3. The molecule has 3 aromatic rings. The van der Waals surface area contributed by atoms with Gasteiger partial charge < -0.3 is 10.6 Å². The topological polar surface area (TPSA) is 71.8 Å². The van der Waals surface area contributed by atoms with E-state index in [4.69, 9.17) is 0 Å². The smallest absolute Gasteiger partial charge is 0.232 e. The fraction of sp³-hybridized carbons (Fsp3) is 0.250. The molecule has 132 valence electrons. The van der Waals surface area contributed by atoms with Crippen molar-refractivity contribution >= 4 is 17.5 Å². The van der Waals surface area contributed by atoms with Gasteiger partial charge in [-0.25, -0.2) is 4.68 Å². The van der Waals surface area contributed by atoms with Crippen LogP contribution in [0.4, 0.5) is 11.6 Å². The van der Waals surface area contributed by atoms with Gasteiger partial charge in [0.25, 0.3) is 0 Å². The lowest BCUT2D eigenvalue weighted by Crippen LogP contribution is -2.46. The van der Waals surface area contributed by atoms with Crippen molar-refractivity contribution in [2.45, 2.75) is 25.9 Å². The lowest BCUT2D eigenvalue weighted by atomic mass is 9.84. The minimum atomic E-state index is -0.328. The Morgan fingerprint density at radius 2 is 1.85 bits per heavy atom. The highest BCUT2D eigenvalue weighted by Crippen LogP contribution is 2.37. The Morgan fingerprint density at radius 1 is 1.12 bits per heavy atom. The number of benzene rings is 2. The first-order valence-corrected chi connectivity index (χ1v) is 8.72. The third-order valence-electron chi connectivity index (χ3n) is 4.92. The van der Waals surface area contributed by atoms with Crippen LogP contribution in [0.3, 0.4) is 0 Å². The van der Waals surface area contributed by atoms with Crippen LogP contribution in [0.5, 0.6) is 0 Å². The normalized spacial score (nSPS) is 21.5. The standard InChI is InChI=1S/C20H21N5O/c1-13-8-6-7-11-16(13)18-17(14(2)23-20-21-12-22-25(18)20)19(26)24-15-9-4-3-5-10-15/h3-12,14,17-18H,1-2H3,(H,24,26)(H,21,22,23)/t14-,17+,18-/m0/s1. The number of anilines is 2. The van der Waals surface area contributed by atoms with E-state index in [-0.39, 0.29) is 23.9 Å². The summed E-state index contributed by atoms with van der Waals surface area (Å²) in [6.45, 7) is 4.07. The molecule has 4 rings (SSSR count). The van der Waals surface area contributed by atoms with Crippen LogP contribution < -0.4 is 10.6 Å². The fourth-order valence-corrected chi connectivity index (χ4v) is 3.64. The highest BCUT2D eigenvalue weighted by molar-refractivity contribution is 5.94. The van der Waals surface area contributed by atoms with Crippen LogP contribution >= 0.6 is 0 Å². The summed E-state index contributed by atoms with van der Waals surface area (Å²) in [5.41, 5.74) is 3.00. The Morgan fingerprint density at radius 3 is 2.62 bits per heavy atom. The van der Waals surface area contributed by atoms with Gasteiger partial charge in [-0.05, 0) is 37.1 Å². The Kier molecular flexibility index (Phi) is 4.16. The van der Waals surface area contributed by atoms with Crippen molar-refractivity contribution in [3.05, 3.63) is 72.1 Å². The minimum absolute atomic E-state index is 0.0365. The zero-order valence-electron chi connectivity index (χ0n) is 14.8. The molecule has 6 nitrogen and oxygen atoms in total. The summed E-state index contributed by atoms with van der Waals surface area (Å²) in [4.78, 5) is 17.5. The molecule has 1 aliphatic heterocycles. The summed E-state index contributed by atoms with van der Waals surface area (Å²) >= 11 is 0. The van der Waals surface area contributed by atoms with E-state index in [0.717, 1.165) is 16.8 Å². The second kappa shape index (κ2) is 6.63. The van der Waals surface area contributed by atoms with Gasteiger partial charge in [0.1, 0.15) is 6.33 Å². The quantitative estimate of drug-likeness (QED) is 0.763. The second-order valence-electron chi connectivity index (χ2n) is 6.64. The van der Waals surface area contributed by atoms with Gasteiger partial charge in [0.2, 0.25) is 11.9 Å². The lowest BCUT2D eigenvalue weighted by molar-refractivity contribution is -0.121. The van der Waals surface area contributed by atoms with Crippen LogP contribution in [0.1, 0.15) is 24.1 Å². The number of rotatable bonds is 3. The monoisotopic (exact) mass is 347 g/mol. The SMILES string of the molecule is Cc1ccccc1[C@H]1[C@H](C(=O)Nc2ccccc2)[C@H](C)Nc2ncnn21. The lowest BCUT2D eigenvalue weighted by Gasteiger charge is -2.37. The van der Waals surface area contributed by atoms with Crippen molar-refractivity contribution in [2.75, 3.05) is 10.6 Å². The average Bonchev–Trinajstić information content (AvgIpc) is 3.10. The van der Waals surface area contributed by atoms with E-state index in [1.165, 1.54) is 6.33 Å². The van der Waals surface area contributed by atoms with E-state index in [0.29, 0.717) is 5.95 Å². The maximum absolute atomic E-state index is 13.2. The van der Waals surface area contributed by atoms with Gasteiger partial charge in [-0.2, -0.15) is 10.1 Å². The Labute approximate surface area is 152 Å². The van der Waals surface area contributed by atoms with Crippen molar-refractivity contribution in [2.24, 2.45) is 5.92 Å². The summed E-state index contributed by atoms with van der Waals surface area (Å²) in [7, 11) is 0. The molecular weight excluding hydrogens is 326 g/mol. The van der Waals surface area contributed by atoms with E-state index >= 15 is 0 Å². The number of carbonyl (C=O) groups excluding carboxylic acids is 1. The van der Waals surface area contributed by atoms with Gasteiger partial charge in [0.05, 0.1) is 12.0 Å². The number of aryl methyl sites for hydroxylation is 1. The molecule has 2 N–H and O–H groups in total. The van der Waals surface area contributed by atoms with Crippen LogP contribution in [-0.2, 0) is 4.79 Å². The Bertz CT molecular complexity index is 921. The molecular formula is C20H21N5O. The molecule has 3 atom stereocenters. The summed E-state index contributed by atoms with van der Waals surface area (Å²) in [6, 6.07) is 17.4.